The molecular weight excluding hydrogens is 278 g/mol. The Morgan fingerprint density at radius 3 is 2.68 bits per heavy atom. The van der Waals surface area contributed by atoms with Crippen LogP contribution in [0.4, 0.5) is 0 Å². The molecule has 0 aliphatic heterocycles. The maximum absolute atomic E-state index is 12.2. The minimum atomic E-state index is -1.15. The lowest BCUT2D eigenvalue weighted by Gasteiger charge is -2.26. The largest absolute Gasteiger partial charge is 0.508 e. The van der Waals surface area contributed by atoms with Gasteiger partial charge in [-0.15, -0.1) is 0 Å². The van der Waals surface area contributed by atoms with Crippen molar-refractivity contribution in [3.8, 4) is 5.75 Å². The smallest absolute Gasteiger partial charge is 0.253 e. The van der Waals surface area contributed by atoms with Crippen molar-refractivity contribution < 1.29 is 15.0 Å². The van der Waals surface area contributed by atoms with Gasteiger partial charge in [-0.3, -0.25) is 4.79 Å². The molecule has 0 radical (unpaired) electrons. The van der Waals surface area contributed by atoms with Crippen LogP contribution in [0.5, 0.6) is 5.75 Å². The van der Waals surface area contributed by atoms with Gasteiger partial charge in [0.2, 0.25) is 0 Å². The van der Waals surface area contributed by atoms with E-state index in [1.807, 2.05) is 12.1 Å². The summed E-state index contributed by atoms with van der Waals surface area (Å²) in [7, 11) is 0. The van der Waals surface area contributed by atoms with Crippen LogP contribution in [0.25, 0.3) is 0 Å². The first-order valence-electron chi connectivity index (χ1n) is 7.47. The van der Waals surface area contributed by atoms with Crippen LogP contribution in [0, 0.1) is 0 Å². The van der Waals surface area contributed by atoms with Gasteiger partial charge in [-0.2, -0.15) is 0 Å². The minimum absolute atomic E-state index is 0.0137. The molecule has 0 aromatic heterocycles. The molecule has 3 rings (SSSR count). The number of fused-ring (bicyclic) bond motifs is 1. The third kappa shape index (κ3) is 3.12. The predicted octanol–water partition coefficient (Wildman–Crippen LogP) is 2.10. The van der Waals surface area contributed by atoms with Gasteiger partial charge in [0, 0.05) is 6.04 Å². The molecule has 4 nitrogen and oxygen atoms in total. The van der Waals surface area contributed by atoms with E-state index in [1.165, 1.54) is 5.56 Å². The number of aromatic hydroxyl groups is 1. The molecule has 1 aliphatic carbocycles. The number of aliphatic hydroxyl groups excluding tert-OH is 1. The molecule has 3 N–H and O–H groups in total. The number of carbonyl (C=O) groups excluding carboxylic acids is 1. The van der Waals surface area contributed by atoms with E-state index >= 15 is 0 Å². The molecule has 0 saturated carbocycles. The zero-order valence-corrected chi connectivity index (χ0v) is 12.2. The highest BCUT2D eigenvalue weighted by molar-refractivity contribution is 5.82. The number of phenols is 1. The van der Waals surface area contributed by atoms with Gasteiger partial charge >= 0.3 is 0 Å². The maximum Gasteiger partial charge on any atom is 0.253 e. The Bertz CT molecular complexity index is 669. The van der Waals surface area contributed by atoms with Gasteiger partial charge in [0.05, 0.1) is 0 Å². The van der Waals surface area contributed by atoms with Crippen LogP contribution in [-0.4, -0.2) is 22.2 Å². The number of rotatable bonds is 3. The summed E-state index contributed by atoms with van der Waals surface area (Å²) in [6.45, 7) is 0. The first-order chi connectivity index (χ1) is 10.6. The van der Waals surface area contributed by atoms with Gasteiger partial charge < -0.3 is 15.5 Å². The average molecular weight is 297 g/mol. The van der Waals surface area contributed by atoms with Crippen molar-refractivity contribution in [2.45, 2.75) is 31.4 Å². The van der Waals surface area contributed by atoms with Crippen LogP contribution in [0.1, 0.15) is 29.2 Å². The number of carbonyl (C=O) groups is 1. The zero-order valence-electron chi connectivity index (χ0n) is 12.2. The summed E-state index contributed by atoms with van der Waals surface area (Å²) in [5, 5.41) is 22.6. The number of phenolic OH excluding ortho intramolecular Hbond substituents is 1. The van der Waals surface area contributed by atoms with Gasteiger partial charge in [0.15, 0.2) is 6.10 Å². The van der Waals surface area contributed by atoms with E-state index in [2.05, 4.69) is 5.32 Å². The van der Waals surface area contributed by atoms with Gasteiger partial charge in [-0.05, 0) is 48.1 Å². The molecule has 1 aliphatic rings. The molecule has 2 atom stereocenters. The fourth-order valence-electron chi connectivity index (χ4n) is 2.93. The second-order valence-corrected chi connectivity index (χ2v) is 5.71. The summed E-state index contributed by atoms with van der Waals surface area (Å²) in [4.78, 5) is 12.2. The van der Waals surface area contributed by atoms with Gasteiger partial charge in [0.25, 0.3) is 5.91 Å². The number of aryl methyl sites for hydroxylation is 1. The number of aliphatic hydroxyl groups is 1. The number of hydrogen-bond donors (Lipinski definition) is 3. The fraction of sp³-hybridized carbons (Fsp3) is 0.278. The molecule has 0 fully saturated rings. The summed E-state index contributed by atoms with van der Waals surface area (Å²) in [6.07, 6.45) is 1.23. The van der Waals surface area contributed by atoms with Crippen molar-refractivity contribution in [2.24, 2.45) is 0 Å². The quantitative estimate of drug-likeness (QED) is 0.812. The first-order valence-corrected chi connectivity index (χ1v) is 7.47. The maximum atomic E-state index is 12.2. The lowest BCUT2D eigenvalue weighted by atomic mass is 9.88. The predicted molar refractivity (Wildman–Crippen MR) is 83.5 cm³/mol. The Labute approximate surface area is 129 Å². The van der Waals surface area contributed by atoms with Crippen LogP contribution in [-0.2, 0) is 17.6 Å². The van der Waals surface area contributed by atoms with Crippen molar-refractivity contribution in [3.05, 3.63) is 65.2 Å². The summed E-state index contributed by atoms with van der Waals surface area (Å²) in [5.74, 6) is -0.130. The van der Waals surface area contributed by atoms with Crippen molar-refractivity contribution >= 4 is 5.91 Å². The number of benzene rings is 2. The number of hydrogen-bond acceptors (Lipinski definition) is 3. The lowest BCUT2D eigenvalue weighted by molar-refractivity contribution is -0.130. The van der Waals surface area contributed by atoms with Crippen LogP contribution >= 0.6 is 0 Å². The Balaban J connectivity index is 1.66. The molecule has 1 amide bonds. The zero-order chi connectivity index (χ0) is 15.5. The molecule has 0 heterocycles. The second kappa shape index (κ2) is 6.20. The van der Waals surface area contributed by atoms with Crippen LogP contribution in [0.15, 0.2) is 48.5 Å². The minimum Gasteiger partial charge on any atom is -0.508 e. The summed E-state index contributed by atoms with van der Waals surface area (Å²) in [6, 6.07) is 14.3. The Kier molecular flexibility index (Phi) is 4.11. The monoisotopic (exact) mass is 297 g/mol. The highest BCUT2D eigenvalue weighted by Crippen LogP contribution is 2.25. The van der Waals surface area contributed by atoms with E-state index in [1.54, 1.807) is 36.4 Å². The van der Waals surface area contributed by atoms with E-state index in [9.17, 15) is 15.0 Å². The number of amides is 1. The molecule has 0 saturated heterocycles. The third-order valence-electron chi connectivity index (χ3n) is 4.13. The molecule has 0 bridgehead atoms. The second-order valence-electron chi connectivity index (χ2n) is 5.71. The van der Waals surface area contributed by atoms with Crippen molar-refractivity contribution in [1.82, 2.24) is 5.32 Å². The lowest BCUT2D eigenvalue weighted by Crippen LogP contribution is -2.41. The molecule has 2 aromatic carbocycles. The number of nitrogens with one attached hydrogen (secondary N) is 1. The van der Waals surface area contributed by atoms with E-state index < -0.39 is 6.10 Å². The van der Waals surface area contributed by atoms with Crippen molar-refractivity contribution in [1.29, 1.82) is 0 Å². The SMILES string of the molecule is O=C(N[C@H]1CCc2ccc(O)cc2C1)[C@H](O)c1ccccc1. The molecule has 22 heavy (non-hydrogen) atoms. The highest BCUT2D eigenvalue weighted by Gasteiger charge is 2.24. The van der Waals surface area contributed by atoms with E-state index in [0.717, 1.165) is 18.4 Å². The third-order valence-corrected chi connectivity index (χ3v) is 4.13. The molecule has 0 unspecified atom stereocenters. The van der Waals surface area contributed by atoms with Gasteiger partial charge in [-0.25, -0.2) is 0 Å². The molecule has 4 heteroatoms. The Morgan fingerprint density at radius 2 is 1.91 bits per heavy atom. The van der Waals surface area contributed by atoms with Crippen LogP contribution in [0.2, 0.25) is 0 Å². The van der Waals surface area contributed by atoms with Crippen molar-refractivity contribution in [2.75, 3.05) is 0 Å². The van der Waals surface area contributed by atoms with Gasteiger partial charge in [-0.1, -0.05) is 36.4 Å². The molecule has 2 aromatic rings. The van der Waals surface area contributed by atoms with Crippen molar-refractivity contribution in [3.63, 3.8) is 0 Å². The topological polar surface area (TPSA) is 69.6 Å². The van der Waals surface area contributed by atoms with Crippen LogP contribution in [0.3, 0.4) is 0 Å². The average Bonchev–Trinajstić information content (AvgIpc) is 2.54. The summed E-state index contributed by atoms with van der Waals surface area (Å²) < 4.78 is 0. The summed E-state index contributed by atoms with van der Waals surface area (Å²) in [5.41, 5.74) is 2.87. The van der Waals surface area contributed by atoms with E-state index in [0.29, 0.717) is 12.0 Å². The normalized spacial score (nSPS) is 18.3. The first kappa shape index (κ1) is 14.6. The highest BCUT2D eigenvalue weighted by atomic mass is 16.3. The van der Waals surface area contributed by atoms with Crippen LogP contribution < -0.4 is 5.32 Å². The fourth-order valence-corrected chi connectivity index (χ4v) is 2.93. The molecule has 0 spiro atoms. The van der Waals surface area contributed by atoms with E-state index in [4.69, 9.17) is 0 Å². The van der Waals surface area contributed by atoms with Gasteiger partial charge in [0.1, 0.15) is 5.75 Å². The Hall–Kier alpha value is -2.33. The summed E-state index contributed by atoms with van der Waals surface area (Å²) >= 11 is 0. The molecular formula is C18H19NO3. The van der Waals surface area contributed by atoms with E-state index in [-0.39, 0.29) is 17.7 Å². The standard InChI is InChI=1S/C18H19NO3/c20-16-9-7-12-6-8-15(10-14(12)11-16)19-18(22)17(21)13-4-2-1-3-5-13/h1-5,7,9,11,15,17,20-21H,6,8,10H2,(H,19,22)/t15-,17+/m0/s1. The molecule has 114 valence electrons. The Morgan fingerprint density at radius 1 is 1.14 bits per heavy atom.